The van der Waals surface area contributed by atoms with E-state index in [4.69, 9.17) is 16.7 Å². The van der Waals surface area contributed by atoms with E-state index >= 15 is 0 Å². The summed E-state index contributed by atoms with van der Waals surface area (Å²) >= 11 is 6.04. The van der Waals surface area contributed by atoms with Gasteiger partial charge in [0.05, 0.1) is 11.4 Å². The molecule has 0 bridgehead atoms. The molecule has 6 heteroatoms. The maximum absolute atomic E-state index is 12.4. The second-order valence-electron chi connectivity index (χ2n) is 6.75. The van der Waals surface area contributed by atoms with Gasteiger partial charge in [0.1, 0.15) is 0 Å². The number of benzene rings is 2. The molecule has 146 valence electrons. The van der Waals surface area contributed by atoms with Crippen molar-refractivity contribution in [3.8, 4) is 16.9 Å². The molecule has 0 aliphatic heterocycles. The van der Waals surface area contributed by atoms with Gasteiger partial charge in [-0.05, 0) is 44.3 Å². The Bertz CT molecular complexity index is 906. The van der Waals surface area contributed by atoms with E-state index in [0.717, 1.165) is 35.5 Å². The number of hydrogen-bond donors (Lipinski definition) is 1. The predicted molar refractivity (Wildman–Crippen MR) is 114 cm³/mol. The van der Waals surface area contributed by atoms with E-state index < -0.39 is 0 Å². The Morgan fingerprint density at radius 3 is 2.54 bits per heavy atom. The number of para-hydroxylation sites is 1. The van der Waals surface area contributed by atoms with Gasteiger partial charge in [0.25, 0.3) is 0 Å². The minimum absolute atomic E-state index is 0.129. The molecule has 1 amide bonds. The molecule has 0 aliphatic rings. The molecule has 1 aromatic heterocycles. The van der Waals surface area contributed by atoms with Gasteiger partial charge < -0.3 is 10.2 Å². The Labute approximate surface area is 170 Å². The number of aromatic nitrogens is 2. The fourth-order valence-electron chi connectivity index (χ4n) is 3.04. The number of carbonyl (C=O) groups is 1. The molecule has 2 aromatic carbocycles. The van der Waals surface area contributed by atoms with Gasteiger partial charge in [-0.3, -0.25) is 4.79 Å². The van der Waals surface area contributed by atoms with Crippen molar-refractivity contribution in [3.05, 3.63) is 71.4 Å². The van der Waals surface area contributed by atoms with Crippen LogP contribution in [0, 0.1) is 0 Å². The monoisotopic (exact) mass is 396 g/mol. The van der Waals surface area contributed by atoms with E-state index in [1.165, 1.54) is 0 Å². The summed E-state index contributed by atoms with van der Waals surface area (Å²) in [4.78, 5) is 14.2. The molecule has 0 saturated carbocycles. The molecule has 5 nitrogen and oxygen atoms in total. The van der Waals surface area contributed by atoms with E-state index in [0.29, 0.717) is 18.0 Å². The van der Waals surface area contributed by atoms with Crippen LogP contribution in [0.1, 0.15) is 18.4 Å². The zero-order valence-corrected chi connectivity index (χ0v) is 17.0. The van der Waals surface area contributed by atoms with E-state index in [1.807, 2.05) is 79.6 Å². The van der Waals surface area contributed by atoms with Crippen LogP contribution in [-0.4, -0.2) is 41.2 Å². The van der Waals surface area contributed by atoms with Gasteiger partial charge in [0.2, 0.25) is 5.91 Å². The summed E-state index contributed by atoms with van der Waals surface area (Å²) in [5.74, 6) is 0.129. The molecule has 0 unspecified atom stereocenters. The SMILES string of the molecule is CNCCCC(=O)N(C)Cc1cn(-c2ccccc2)nc1-c1ccc(Cl)cc1. The highest BCUT2D eigenvalue weighted by Gasteiger charge is 2.16. The van der Waals surface area contributed by atoms with Gasteiger partial charge >= 0.3 is 0 Å². The van der Waals surface area contributed by atoms with Crippen molar-refractivity contribution in [2.75, 3.05) is 20.6 Å². The normalized spacial score (nSPS) is 10.8. The Morgan fingerprint density at radius 2 is 1.86 bits per heavy atom. The molecule has 1 heterocycles. The lowest BCUT2D eigenvalue weighted by Gasteiger charge is -2.17. The summed E-state index contributed by atoms with van der Waals surface area (Å²) in [5, 5.41) is 8.55. The third-order valence-electron chi connectivity index (χ3n) is 4.58. The summed E-state index contributed by atoms with van der Waals surface area (Å²) in [5.41, 5.74) is 3.81. The lowest BCUT2D eigenvalue weighted by atomic mass is 10.1. The fraction of sp³-hybridized carbons (Fsp3) is 0.273. The first-order valence-corrected chi connectivity index (χ1v) is 9.74. The van der Waals surface area contributed by atoms with Gasteiger partial charge in [-0.2, -0.15) is 5.10 Å². The molecule has 0 atom stereocenters. The molecule has 0 fully saturated rings. The first-order chi connectivity index (χ1) is 13.6. The van der Waals surface area contributed by atoms with Crippen LogP contribution in [-0.2, 0) is 11.3 Å². The van der Waals surface area contributed by atoms with Crippen molar-refractivity contribution in [2.45, 2.75) is 19.4 Å². The summed E-state index contributed by atoms with van der Waals surface area (Å²) < 4.78 is 1.86. The summed E-state index contributed by atoms with van der Waals surface area (Å²) in [6, 6.07) is 17.6. The number of amides is 1. The Kier molecular flexibility index (Phi) is 6.85. The van der Waals surface area contributed by atoms with Gasteiger partial charge in [0.15, 0.2) is 0 Å². The molecule has 0 spiro atoms. The molecular formula is C22H25ClN4O. The molecule has 0 aliphatic carbocycles. The molecular weight excluding hydrogens is 372 g/mol. The summed E-state index contributed by atoms with van der Waals surface area (Å²) in [7, 11) is 3.73. The lowest BCUT2D eigenvalue weighted by molar-refractivity contribution is -0.130. The van der Waals surface area contributed by atoms with Crippen LogP contribution in [0.4, 0.5) is 0 Å². The molecule has 0 radical (unpaired) electrons. The van der Waals surface area contributed by atoms with Crippen molar-refractivity contribution in [3.63, 3.8) is 0 Å². The predicted octanol–water partition coefficient (Wildman–Crippen LogP) is 4.15. The Hall–Kier alpha value is -2.63. The number of halogens is 1. The molecule has 1 N–H and O–H groups in total. The molecule has 3 aromatic rings. The highest BCUT2D eigenvalue weighted by atomic mass is 35.5. The van der Waals surface area contributed by atoms with Gasteiger partial charge in [-0.25, -0.2) is 4.68 Å². The molecule has 0 saturated heterocycles. The lowest BCUT2D eigenvalue weighted by Crippen LogP contribution is -2.26. The van der Waals surface area contributed by atoms with Crippen LogP contribution in [0.2, 0.25) is 5.02 Å². The van der Waals surface area contributed by atoms with Crippen molar-refractivity contribution >= 4 is 17.5 Å². The standard InChI is InChI=1S/C22H25ClN4O/c1-24-14-6-9-21(28)26(2)15-18-16-27(20-7-4-3-5-8-20)25-22(18)17-10-12-19(23)13-11-17/h3-5,7-8,10-13,16,24H,6,9,14-15H2,1-2H3. The first kappa shape index (κ1) is 20.1. The fourth-order valence-corrected chi connectivity index (χ4v) is 3.17. The minimum atomic E-state index is 0.129. The summed E-state index contributed by atoms with van der Waals surface area (Å²) in [6.07, 6.45) is 3.35. The van der Waals surface area contributed by atoms with Crippen LogP contribution in [0.25, 0.3) is 16.9 Å². The van der Waals surface area contributed by atoms with Crippen molar-refractivity contribution in [1.82, 2.24) is 20.0 Å². The first-order valence-electron chi connectivity index (χ1n) is 9.37. The molecule has 28 heavy (non-hydrogen) atoms. The topological polar surface area (TPSA) is 50.2 Å². The number of rotatable bonds is 8. The molecule has 3 rings (SSSR count). The summed E-state index contributed by atoms with van der Waals surface area (Å²) in [6.45, 7) is 1.34. The zero-order valence-electron chi connectivity index (χ0n) is 16.2. The number of hydrogen-bond acceptors (Lipinski definition) is 3. The highest BCUT2D eigenvalue weighted by molar-refractivity contribution is 6.30. The number of carbonyl (C=O) groups excluding carboxylic acids is 1. The van der Waals surface area contributed by atoms with Crippen LogP contribution in [0.5, 0.6) is 0 Å². The van der Waals surface area contributed by atoms with E-state index in [2.05, 4.69) is 5.32 Å². The Morgan fingerprint density at radius 1 is 1.14 bits per heavy atom. The smallest absolute Gasteiger partial charge is 0.222 e. The van der Waals surface area contributed by atoms with Crippen molar-refractivity contribution in [2.24, 2.45) is 0 Å². The quantitative estimate of drug-likeness (QED) is 0.582. The van der Waals surface area contributed by atoms with Crippen molar-refractivity contribution < 1.29 is 4.79 Å². The third kappa shape index (κ3) is 5.00. The average Bonchev–Trinajstić information content (AvgIpc) is 3.13. The minimum Gasteiger partial charge on any atom is -0.341 e. The van der Waals surface area contributed by atoms with Crippen LogP contribution < -0.4 is 5.32 Å². The average molecular weight is 397 g/mol. The maximum Gasteiger partial charge on any atom is 0.222 e. The van der Waals surface area contributed by atoms with E-state index in [9.17, 15) is 4.79 Å². The third-order valence-corrected chi connectivity index (χ3v) is 4.83. The highest BCUT2D eigenvalue weighted by Crippen LogP contribution is 2.26. The van der Waals surface area contributed by atoms with Gasteiger partial charge in [0, 0.05) is 42.4 Å². The number of nitrogens with one attached hydrogen (secondary N) is 1. The van der Waals surface area contributed by atoms with Crippen LogP contribution in [0.15, 0.2) is 60.8 Å². The van der Waals surface area contributed by atoms with Crippen molar-refractivity contribution in [1.29, 1.82) is 0 Å². The zero-order chi connectivity index (χ0) is 19.9. The van der Waals surface area contributed by atoms with E-state index in [-0.39, 0.29) is 5.91 Å². The van der Waals surface area contributed by atoms with E-state index in [1.54, 1.807) is 4.90 Å². The van der Waals surface area contributed by atoms with Gasteiger partial charge in [-0.1, -0.05) is 41.9 Å². The maximum atomic E-state index is 12.4. The second-order valence-corrected chi connectivity index (χ2v) is 7.18. The Balaban J connectivity index is 1.88. The largest absolute Gasteiger partial charge is 0.341 e. The number of nitrogens with zero attached hydrogens (tertiary/aromatic N) is 3. The second kappa shape index (κ2) is 9.53. The van der Waals surface area contributed by atoms with Crippen LogP contribution >= 0.6 is 11.6 Å². The van der Waals surface area contributed by atoms with Gasteiger partial charge in [-0.15, -0.1) is 0 Å². The van der Waals surface area contributed by atoms with Crippen LogP contribution in [0.3, 0.4) is 0 Å².